The van der Waals surface area contributed by atoms with Crippen LogP contribution >= 0.6 is 11.6 Å². The maximum absolute atomic E-state index is 11.5. The number of halogens is 1. The number of ether oxygens (including phenoxy) is 1. The molecule has 0 unspecified atom stereocenters. The number of carbonyl (C=O) groups is 1. The van der Waals surface area contributed by atoms with E-state index in [4.69, 9.17) is 16.3 Å². The van der Waals surface area contributed by atoms with Crippen molar-refractivity contribution in [1.29, 1.82) is 0 Å². The molecule has 1 aromatic heterocycles. The average molecular weight is 340 g/mol. The third-order valence-electron chi connectivity index (χ3n) is 5.14. The Morgan fingerprint density at radius 3 is 2.65 bits per heavy atom. The fraction of sp³-hybridized carbons (Fsp3) is 0.765. The number of amides is 1. The van der Waals surface area contributed by atoms with Crippen molar-refractivity contribution < 1.29 is 9.53 Å². The third-order valence-corrected chi connectivity index (χ3v) is 5.62. The first-order chi connectivity index (χ1) is 11.0. The van der Waals surface area contributed by atoms with E-state index in [1.807, 2.05) is 6.92 Å². The molecule has 128 valence electrons. The van der Waals surface area contributed by atoms with Gasteiger partial charge in [0.15, 0.2) is 0 Å². The summed E-state index contributed by atoms with van der Waals surface area (Å²) in [6.07, 6.45) is 7.98. The zero-order valence-electron chi connectivity index (χ0n) is 13.9. The lowest BCUT2D eigenvalue weighted by Gasteiger charge is -2.40. The molecule has 0 aromatic carbocycles. The molecule has 2 N–H and O–H groups in total. The monoisotopic (exact) mass is 339 g/mol. The van der Waals surface area contributed by atoms with Crippen LogP contribution in [-0.2, 0) is 9.53 Å². The summed E-state index contributed by atoms with van der Waals surface area (Å²) in [5, 5.41) is 11.0. The molecule has 2 heterocycles. The van der Waals surface area contributed by atoms with Crippen LogP contribution in [0.25, 0.3) is 0 Å². The molecular weight excluding hydrogens is 314 g/mol. The number of H-pyrrole nitrogens is 1. The summed E-state index contributed by atoms with van der Waals surface area (Å²) >= 11 is 6.37. The van der Waals surface area contributed by atoms with Crippen LogP contribution in [-0.4, -0.2) is 28.3 Å². The quantitative estimate of drug-likeness (QED) is 0.882. The molecular formula is C17H26ClN3O2. The van der Waals surface area contributed by atoms with Crippen LogP contribution in [0.4, 0.5) is 0 Å². The van der Waals surface area contributed by atoms with Crippen LogP contribution in [0.5, 0.6) is 0 Å². The van der Waals surface area contributed by atoms with Gasteiger partial charge >= 0.3 is 0 Å². The Morgan fingerprint density at radius 2 is 2.04 bits per heavy atom. The van der Waals surface area contributed by atoms with Crippen LogP contribution < -0.4 is 5.32 Å². The van der Waals surface area contributed by atoms with Gasteiger partial charge < -0.3 is 10.1 Å². The molecule has 1 saturated heterocycles. The number of aromatic nitrogens is 2. The van der Waals surface area contributed by atoms with Gasteiger partial charge in [0.05, 0.1) is 16.8 Å². The molecule has 3 rings (SSSR count). The SMILES string of the molecule is CC(=O)N[C@H]1C[C@@H](c2n[nH]c(C)c2Cl)O[C@@H](C2CCCCC2)C1. The van der Waals surface area contributed by atoms with Crippen LogP contribution in [0.2, 0.25) is 5.02 Å². The minimum atomic E-state index is -0.148. The second-order valence-corrected chi connectivity index (χ2v) is 7.36. The van der Waals surface area contributed by atoms with Crippen molar-refractivity contribution >= 4 is 17.5 Å². The van der Waals surface area contributed by atoms with Crippen LogP contribution in [0.15, 0.2) is 0 Å². The van der Waals surface area contributed by atoms with Gasteiger partial charge in [0, 0.05) is 13.0 Å². The molecule has 1 amide bonds. The maximum Gasteiger partial charge on any atom is 0.217 e. The number of rotatable bonds is 3. The molecule has 1 aromatic rings. The molecule has 0 radical (unpaired) electrons. The van der Waals surface area contributed by atoms with E-state index < -0.39 is 0 Å². The first-order valence-corrected chi connectivity index (χ1v) is 9.05. The molecule has 1 aliphatic heterocycles. The summed E-state index contributed by atoms with van der Waals surface area (Å²) in [4.78, 5) is 11.5. The lowest BCUT2D eigenvalue weighted by molar-refractivity contribution is -0.124. The van der Waals surface area contributed by atoms with Crippen molar-refractivity contribution in [1.82, 2.24) is 15.5 Å². The summed E-state index contributed by atoms with van der Waals surface area (Å²) in [6.45, 7) is 3.48. The van der Waals surface area contributed by atoms with E-state index in [1.165, 1.54) is 32.1 Å². The Bertz CT molecular complexity index is 554. The van der Waals surface area contributed by atoms with E-state index in [1.54, 1.807) is 6.92 Å². The molecule has 0 spiro atoms. The number of hydrogen-bond acceptors (Lipinski definition) is 3. The third kappa shape index (κ3) is 3.89. The summed E-state index contributed by atoms with van der Waals surface area (Å²) in [6, 6.07) is 0.131. The second-order valence-electron chi connectivity index (χ2n) is 6.98. The van der Waals surface area contributed by atoms with Crippen molar-refractivity contribution in [3.05, 3.63) is 16.4 Å². The highest BCUT2D eigenvalue weighted by atomic mass is 35.5. The zero-order valence-corrected chi connectivity index (χ0v) is 14.7. The molecule has 3 atom stereocenters. The number of hydrogen-bond donors (Lipinski definition) is 2. The average Bonchev–Trinajstić information content (AvgIpc) is 2.87. The molecule has 5 nitrogen and oxygen atoms in total. The number of carbonyl (C=O) groups excluding carboxylic acids is 1. The van der Waals surface area contributed by atoms with E-state index >= 15 is 0 Å². The van der Waals surface area contributed by atoms with Gasteiger partial charge in [-0.1, -0.05) is 30.9 Å². The Morgan fingerprint density at radius 1 is 1.30 bits per heavy atom. The summed E-state index contributed by atoms with van der Waals surface area (Å²) in [7, 11) is 0. The largest absolute Gasteiger partial charge is 0.368 e. The Hall–Kier alpha value is -1.07. The minimum absolute atomic E-state index is 0.0161. The Balaban J connectivity index is 1.78. The minimum Gasteiger partial charge on any atom is -0.368 e. The topological polar surface area (TPSA) is 67.0 Å². The number of aryl methyl sites for hydroxylation is 1. The van der Waals surface area contributed by atoms with Crippen LogP contribution in [0, 0.1) is 12.8 Å². The highest BCUT2D eigenvalue weighted by molar-refractivity contribution is 6.31. The summed E-state index contributed by atoms with van der Waals surface area (Å²) < 4.78 is 6.40. The normalized spacial score (nSPS) is 29.4. The molecule has 0 bridgehead atoms. The maximum atomic E-state index is 11.5. The van der Waals surface area contributed by atoms with Crippen molar-refractivity contribution in [3.8, 4) is 0 Å². The van der Waals surface area contributed by atoms with Gasteiger partial charge in [-0.05, 0) is 38.5 Å². The van der Waals surface area contributed by atoms with Gasteiger partial charge in [0.2, 0.25) is 5.91 Å². The Kier molecular flexibility index (Phi) is 5.27. The van der Waals surface area contributed by atoms with E-state index in [2.05, 4.69) is 15.5 Å². The van der Waals surface area contributed by atoms with E-state index in [0.29, 0.717) is 10.9 Å². The van der Waals surface area contributed by atoms with Gasteiger partial charge in [0.25, 0.3) is 0 Å². The van der Waals surface area contributed by atoms with Gasteiger partial charge in [-0.3, -0.25) is 9.89 Å². The first kappa shape index (κ1) is 16.8. The number of aromatic amines is 1. The van der Waals surface area contributed by atoms with Gasteiger partial charge in [-0.15, -0.1) is 0 Å². The van der Waals surface area contributed by atoms with Crippen molar-refractivity contribution in [2.24, 2.45) is 5.92 Å². The van der Waals surface area contributed by atoms with E-state index in [9.17, 15) is 4.79 Å². The fourth-order valence-electron chi connectivity index (χ4n) is 4.00. The van der Waals surface area contributed by atoms with Crippen LogP contribution in [0.3, 0.4) is 0 Å². The highest BCUT2D eigenvalue weighted by Gasteiger charge is 2.37. The van der Waals surface area contributed by atoms with Crippen LogP contribution in [0.1, 0.15) is 69.4 Å². The molecule has 1 saturated carbocycles. The standard InChI is InChI=1S/C17H26ClN3O2/c1-10-16(18)17(21-20-10)15-9-13(19-11(2)22)8-14(23-15)12-6-4-3-5-7-12/h12-15H,3-9H2,1-2H3,(H,19,22)(H,20,21)/t13-,14-,15+/m1/s1. The molecule has 1 aliphatic carbocycles. The number of nitrogens with one attached hydrogen (secondary N) is 2. The smallest absolute Gasteiger partial charge is 0.217 e. The van der Waals surface area contributed by atoms with E-state index in [0.717, 1.165) is 24.2 Å². The fourth-order valence-corrected chi connectivity index (χ4v) is 4.20. The molecule has 2 aliphatic rings. The molecule has 6 heteroatoms. The summed E-state index contributed by atoms with van der Waals surface area (Å²) in [5.41, 5.74) is 1.64. The van der Waals surface area contributed by atoms with Gasteiger partial charge in [0.1, 0.15) is 11.8 Å². The van der Waals surface area contributed by atoms with E-state index in [-0.39, 0.29) is 24.2 Å². The van der Waals surface area contributed by atoms with Crippen molar-refractivity contribution in [2.75, 3.05) is 0 Å². The number of nitrogens with zero attached hydrogens (tertiary/aromatic N) is 1. The van der Waals surface area contributed by atoms with Gasteiger partial charge in [-0.25, -0.2) is 0 Å². The van der Waals surface area contributed by atoms with Crippen molar-refractivity contribution in [3.63, 3.8) is 0 Å². The summed E-state index contributed by atoms with van der Waals surface area (Å²) in [5.74, 6) is 0.601. The lowest BCUT2D eigenvalue weighted by Crippen LogP contribution is -2.45. The molecule has 23 heavy (non-hydrogen) atoms. The highest BCUT2D eigenvalue weighted by Crippen LogP contribution is 2.40. The zero-order chi connectivity index (χ0) is 16.4. The molecule has 2 fully saturated rings. The predicted molar refractivity (Wildman–Crippen MR) is 89.4 cm³/mol. The predicted octanol–water partition coefficient (Wildman–Crippen LogP) is 3.68. The van der Waals surface area contributed by atoms with Crippen molar-refractivity contribution in [2.45, 2.75) is 77.0 Å². The Labute approximate surface area is 142 Å². The van der Waals surface area contributed by atoms with Gasteiger partial charge in [-0.2, -0.15) is 5.10 Å². The second kappa shape index (κ2) is 7.22. The lowest BCUT2D eigenvalue weighted by atomic mass is 9.81. The first-order valence-electron chi connectivity index (χ1n) is 8.67.